The number of phenolic OH excluding ortho intramolecular Hbond substituents is 1. The van der Waals surface area contributed by atoms with E-state index < -0.39 is 5.54 Å². The number of amidine groups is 1. The number of ketones is 1. The van der Waals surface area contributed by atoms with Gasteiger partial charge in [-0.3, -0.25) is 4.79 Å². The van der Waals surface area contributed by atoms with Gasteiger partial charge in [-0.05, 0) is 34.9 Å². The van der Waals surface area contributed by atoms with E-state index in [1.165, 1.54) is 31.1 Å². The zero-order valence-electron chi connectivity index (χ0n) is 17.0. The molecule has 0 saturated carbocycles. The lowest BCUT2D eigenvalue weighted by Crippen LogP contribution is -2.26. The number of carbonyl (C=O) groups is 1. The van der Waals surface area contributed by atoms with Crippen LogP contribution in [0.25, 0.3) is 0 Å². The van der Waals surface area contributed by atoms with Gasteiger partial charge in [0.2, 0.25) is 0 Å². The summed E-state index contributed by atoms with van der Waals surface area (Å²) in [6, 6.07) is 14.3. The SMILES string of the molecule is COc1ccc(C2(c3cccc(CC(=O)c4ncc(Cl)cc4Cl)c3)CSC(N)=N2)cc1O. The number of nitrogens with zero attached hydrogens (tertiary/aromatic N) is 2. The van der Waals surface area contributed by atoms with Crippen molar-refractivity contribution in [3.63, 3.8) is 0 Å². The molecule has 3 aromatic rings. The van der Waals surface area contributed by atoms with Crippen molar-refractivity contribution in [2.24, 2.45) is 10.7 Å². The second-order valence-electron chi connectivity index (χ2n) is 7.27. The average Bonchev–Trinajstić information content (AvgIpc) is 3.16. The number of thioether (sulfide) groups is 1. The van der Waals surface area contributed by atoms with Crippen LogP contribution in [-0.4, -0.2) is 33.9 Å². The highest BCUT2D eigenvalue weighted by Crippen LogP contribution is 2.44. The molecule has 2 heterocycles. The molecule has 0 saturated heterocycles. The lowest BCUT2D eigenvalue weighted by molar-refractivity contribution is 0.0988. The second-order valence-corrected chi connectivity index (χ2v) is 9.11. The van der Waals surface area contributed by atoms with E-state index in [2.05, 4.69) is 4.98 Å². The summed E-state index contributed by atoms with van der Waals surface area (Å²) in [5, 5.41) is 11.4. The maximum absolute atomic E-state index is 12.8. The topological polar surface area (TPSA) is 97.8 Å². The molecule has 2 aromatic carbocycles. The van der Waals surface area contributed by atoms with Crippen molar-refractivity contribution >= 4 is 45.9 Å². The minimum Gasteiger partial charge on any atom is -0.504 e. The van der Waals surface area contributed by atoms with E-state index in [0.29, 0.717) is 21.7 Å². The highest BCUT2D eigenvalue weighted by atomic mass is 35.5. The number of rotatable bonds is 6. The Morgan fingerprint density at radius 1 is 1.22 bits per heavy atom. The molecular weight excluding hydrogens is 469 g/mol. The Bertz CT molecular complexity index is 1230. The summed E-state index contributed by atoms with van der Waals surface area (Å²) in [4.78, 5) is 21.6. The van der Waals surface area contributed by atoms with Crippen molar-refractivity contribution in [2.75, 3.05) is 12.9 Å². The number of Topliss-reactive ketones (excluding diaryl/α,β-unsaturated/α-hetero) is 1. The first-order valence-corrected chi connectivity index (χ1v) is 11.4. The normalized spacial score (nSPS) is 17.8. The largest absolute Gasteiger partial charge is 0.504 e. The number of hydrogen-bond acceptors (Lipinski definition) is 7. The van der Waals surface area contributed by atoms with Crippen molar-refractivity contribution in [3.05, 3.63) is 87.2 Å². The van der Waals surface area contributed by atoms with Crippen LogP contribution in [0, 0.1) is 0 Å². The molecule has 9 heteroatoms. The van der Waals surface area contributed by atoms with Crippen molar-refractivity contribution in [2.45, 2.75) is 12.0 Å². The van der Waals surface area contributed by atoms with Crippen LogP contribution in [0.5, 0.6) is 11.5 Å². The summed E-state index contributed by atoms with van der Waals surface area (Å²) in [6.07, 6.45) is 1.51. The Morgan fingerprint density at radius 3 is 2.66 bits per heavy atom. The van der Waals surface area contributed by atoms with Crippen LogP contribution in [0.1, 0.15) is 27.2 Å². The number of phenols is 1. The fourth-order valence-corrected chi connectivity index (χ4v) is 5.13. The molecule has 0 spiro atoms. The number of ether oxygens (including phenoxy) is 1. The highest BCUT2D eigenvalue weighted by molar-refractivity contribution is 8.14. The van der Waals surface area contributed by atoms with E-state index >= 15 is 0 Å². The fraction of sp³-hybridized carbons (Fsp3) is 0.174. The zero-order chi connectivity index (χ0) is 22.9. The molecule has 1 aromatic heterocycles. The zero-order valence-corrected chi connectivity index (χ0v) is 19.3. The molecule has 1 atom stereocenters. The molecule has 0 fully saturated rings. The maximum atomic E-state index is 12.8. The predicted molar refractivity (Wildman–Crippen MR) is 128 cm³/mol. The maximum Gasteiger partial charge on any atom is 0.187 e. The van der Waals surface area contributed by atoms with E-state index in [0.717, 1.165) is 16.7 Å². The summed E-state index contributed by atoms with van der Waals surface area (Å²) < 4.78 is 5.17. The van der Waals surface area contributed by atoms with Gasteiger partial charge in [-0.15, -0.1) is 0 Å². The third-order valence-electron chi connectivity index (χ3n) is 5.23. The van der Waals surface area contributed by atoms with E-state index in [1.807, 2.05) is 30.3 Å². The Morgan fingerprint density at radius 2 is 2.00 bits per heavy atom. The van der Waals surface area contributed by atoms with Crippen molar-refractivity contribution in [3.8, 4) is 11.5 Å². The van der Waals surface area contributed by atoms with Gasteiger partial charge in [0.05, 0.1) is 17.2 Å². The molecular formula is C23H19Cl2N3O3S. The van der Waals surface area contributed by atoms with Crippen LogP contribution < -0.4 is 10.5 Å². The first-order chi connectivity index (χ1) is 15.3. The molecule has 6 nitrogen and oxygen atoms in total. The summed E-state index contributed by atoms with van der Waals surface area (Å²) in [5.74, 6) is 0.735. The number of aromatic nitrogens is 1. The molecule has 0 radical (unpaired) electrons. The summed E-state index contributed by atoms with van der Waals surface area (Å²) in [7, 11) is 1.49. The van der Waals surface area contributed by atoms with Gasteiger partial charge in [0.1, 0.15) is 11.2 Å². The number of hydrogen-bond donors (Lipinski definition) is 2. The minimum atomic E-state index is -0.798. The van der Waals surface area contributed by atoms with E-state index in [1.54, 1.807) is 12.1 Å². The molecule has 3 N–H and O–H groups in total. The molecule has 4 rings (SSSR count). The standard InChI is InChI=1S/C23H19Cl2N3O3S/c1-31-20-6-5-15(9-18(20)29)23(12-32-22(26)28-23)14-4-2-3-13(7-14)8-19(30)21-17(25)10-16(24)11-27-21/h2-7,9-11,29H,8,12H2,1H3,(H2,26,28). The number of carbonyl (C=O) groups excluding carboxylic acids is 1. The number of pyridine rings is 1. The van der Waals surface area contributed by atoms with Crippen LogP contribution in [0.3, 0.4) is 0 Å². The Balaban J connectivity index is 1.71. The van der Waals surface area contributed by atoms with Gasteiger partial charge in [0.25, 0.3) is 0 Å². The predicted octanol–water partition coefficient (Wildman–Crippen LogP) is 4.83. The van der Waals surface area contributed by atoms with Gasteiger partial charge in [-0.2, -0.15) is 0 Å². The van der Waals surface area contributed by atoms with Crippen LogP contribution in [0.4, 0.5) is 0 Å². The van der Waals surface area contributed by atoms with Crippen LogP contribution in [-0.2, 0) is 12.0 Å². The van der Waals surface area contributed by atoms with E-state index in [9.17, 15) is 9.90 Å². The summed E-state index contributed by atoms with van der Waals surface area (Å²) in [6.45, 7) is 0. The Hall–Kier alpha value is -2.74. The quantitative estimate of drug-likeness (QED) is 0.483. The molecule has 0 amide bonds. The van der Waals surface area contributed by atoms with Gasteiger partial charge in [-0.1, -0.05) is 65.3 Å². The highest BCUT2D eigenvalue weighted by Gasteiger charge is 2.39. The first kappa shape index (κ1) is 22.5. The van der Waals surface area contributed by atoms with Crippen LogP contribution in [0.2, 0.25) is 10.0 Å². The number of methoxy groups -OCH3 is 1. The molecule has 0 bridgehead atoms. The lowest BCUT2D eigenvalue weighted by atomic mass is 9.83. The monoisotopic (exact) mass is 487 g/mol. The number of halogens is 2. The molecule has 1 aliphatic heterocycles. The Kier molecular flexibility index (Phi) is 6.33. The smallest absolute Gasteiger partial charge is 0.187 e. The van der Waals surface area contributed by atoms with Gasteiger partial charge < -0.3 is 15.6 Å². The molecule has 164 valence electrons. The second kappa shape index (κ2) is 9.02. The lowest BCUT2D eigenvalue weighted by Gasteiger charge is -2.27. The third-order valence-corrected chi connectivity index (χ3v) is 6.67. The van der Waals surface area contributed by atoms with E-state index in [-0.39, 0.29) is 28.7 Å². The first-order valence-electron chi connectivity index (χ1n) is 9.61. The third kappa shape index (κ3) is 4.28. The molecule has 32 heavy (non-hydrogen) atoms. The van der Waals surface area contributed by atoms with Crippen molar-refractivity contribution in [1.29, 1.82) is 0 Å². The number of aliphatic imine (C=N–C) groups is 1. The number of nitrogens with two attached hydrogens (primary N) is 1. The van der Waals surface area contributed by atoms with Crippen molar-refractivity contribution in [1.82, 2.24) is 4.98 Å². The minimum absolute atomic E-state index is 0.0184. The van der Waals surface area contributed by atoms with Crippen LogP contribution >= 0.6 is 35.0 Å². The summed E-state index contributed by atoms with van der Waals surface area (Å²) >= 11 is 13.5. The average molecular weight is 488 g/mol. The van der Waals surface area contributed by atoms with E-state index in [4.69, 9.17) is 38.7 Å². The van der Waals surface area contributed by atoms with Crippen LogP contribution in [0.15, 0.2) is 59.7 Å². The van der Waals surface area contributed by atoms with Gasteiger partial charge in [-0.25, -0.2) is 9.98 Å². The van der Waals surface area contributed by atoms with Gasteiger partial charge in [0, 0.05) is 18.4 Å². The summed E-state index contributed by atoms with van der Waals surface area (Å²) in [5.41, 5.74) is 7.83. The molecule has 1 unspecified atom stereocenters. The Labute approximate surface area is 199 Å². The fourth-order valence-electron chi connectivity index (χ4n) is 3.67. The number of aromatic hydroxyl groups is 1. The van der Waals surface area contributed by atoms with Crippen molar-refractivity contribution < 1.29 is 14.6 Å². The number of benzene rings is 2. The molecule has 1 aliphatic rings. The van der Waals surface area contributed by atoms with Gasteiger partial charge >= 0.3 is 0 Å². The van der Waals surface area contributed by atoms with Gasteiger partial charge in [0.15, 0.2) is 22.4 Å². The molecule has 0 aliphatic carbocycles.